The molecular weight excluding hydrogens is 1500 g/mol. The molecule has 124 heavy (non-hydrogen) atoms. The molecule has 0 bridgehead atoms. The lowest BCUT2D eigenvalue weighted by Gasteiger charge is -2.24. The van der Waals surface area contributed by atoms with Crippen molar-refractivity contribution in [3.63, 3.8) is 0 Å². The van der Waals surface area contributed by atoms with Crippen molar-refractivity contribution in [1.29, 1.82) is 0 Å². The van der Waals surface area contributed by atoms with Gasteiger partial charge in [-0.1, -0.05) is 503 Å². The Morgan fingerprint density at radius 3 is 1.02 bits per heavy atom. The summed E-state index contributed by atoms with van der Waals surface area (Å²) in [4.78, 5) is 0. The van der Waals surface area contributed by atoms with Crippen LogP contribution in [-0.2, 0) is 37.9 Å². The van der Waals surface area contributed by atoms with E-state index in [2.05, 4.69) is 491 Å². The standard InChI is InChI=1S/C22H20.C22H22.2C16H16O.2C16H18.C14H16/c1-22(2,3)15-12-13-20-18-10-5-4-8-16(18)17-9-6-7-11-19(17)21(20)14-15;1-22(2,3)21-16-19(17-10-6-4-7-11-17)14-15-20(21)18-12-8-5-9-13-18;1-16(2,3)13-9-6-8-12-11-7-4-5-10-14(11)17-15(12)13;1-16(2,3)12-8-6-10-14-15(12)11-7-4-5-9-13(11)17-14;1-16(2,3)15-11-7-10-14(12-15)13-8-5-4-6-9-13;1-16(2,3)15-11-9-14(10-12-15)13-7-5-4-6-8-13;1-14(2,3)13-9-8-11-6-4-5-7-12(11)10-13/h4-14H,1-3H3;4-16H,1-3H3;2*4-10H,1-3H3;2*4-12H,1-3H3;4-10H,1-3H3. The number of hydrogen-bond donors (Lipinski definition) is 0. The third-order valence-electron chi connectivity index (χ3n) is 23.4. The van der Waals surface area contributed by atoms with Gasteiger partial charge in [-0.05, 0) is 183 Å². The number of fused-ring (bicyclic) bond motifs is 13. The molecule has 0 fully saturated rings. The fourth-order valence-corrected chi connectivity index (χ4v) is 16.2. The average Bonchev–Trinajstić information content (AvgIpc) is 1.01. The maximum atomic E-state index is 6.01. The van der Waals surface area contributed by atoms with Crippen molar-refractivity contribution in [1.82, 2.24) is 0 Å². The van der Waals surface area contributed by atoms with Crippen LogP contribution in [0.3, 0.4) is 0 Å². The summed E-state index contributed by atoms with van der Waals surface area (Å²) in [6, 6.07) is 136. The second kappa shape index (κ2) is 37.6. The highest BCUT2D eigenvalue weighted by molar-refractivity contribution is 6.25. The predicted octanol–water partition coefficient (Wildman–Crippen LogP) is 36.0. The third kappa shape index (κ3) is 21.7. The van der Waals surface area contributed by atoms with Gasteiger partial charge >= 0.3 is 0 Å². The van der Waals surface area contributed by atoms with Crippen LogP contribution in [0.15, 0.2) is 391 Å². The van der Waals surface area contributed by atoms with Crippen LogP contribution in [0.2, 0.25) is 0 Å². The maximum absolute atomic E-state index is 6.01. The Morgan fingerprint density at radius 2 is 0.500 bits per heavy atom. The van der Waals surface area contributed by atoms with Gasteiger partial charge in [-0.25, -0.2) is 0 Å². The van der Waals surface area contributed by atoms with Gasteiger partial charge < -0.3 is 8.83 Å². The molecule has 0 N–H and O–H groups in total. The van der Waals surface area contributed by atoms with E-state index in [1.165, 1.54) is 148 Å². The van der Waals surface area contributed by atoms with E-state index >= 15 is 0 Å². The normalized spacial score (nSPS) is 11.9. The van der Waals surface area contributed by atoms with E-state index in [9.17, 15) is 0 Å². The van der Waals surface area contributed by atoms with Gasteiger partial charge in [0, 0.05) is 27.1 Å². The smallest absolute Gasteiger partial charge is 0.139 e. The second-order valence-corrected chi connectivity index (χ2v) is 40.1. The van der Waals surface area contributed by atoms with E-state index in [4.69, 9.17) is 8.83 Å². The zero-order valence-corrected chi connectivity index (χ0v) is 77.2. The van der Waals surface area contributed by atoms with Crippen molar-refractivity contribution >= 4 is 87.0 Å². The van der Waals surface area contributed by atoms with Crippen LogP contribution in [0.25, 0.3) is 131 Å². The summed E-state index contributed by atoms with van der Waals surface area (Å²) >= 11 is 0. The van der Waals surface area contributed by atoms with Crippen molar-refractivity contribution in [3.05, 3.63) is 421 Å². The van der Waals surface area contributed by atoms with Gasteiger partial charge in [0.1, 0.15) is 22.3 Å². The van der Waals surface area contributed by atoms with Gasteiger partial charge in [0.2, 0.25) is 0 Å². The molecule has 0 radical (unpaired) electrons. The summed E-state index contributed by atoms with van der Waals surface area (Å²) in [6.45, 7) is 47.2. The van der Waals surface area contributed by atoms with Gasteiger partial charge in [-0.3, -0.25) is 0 Å². The molecule has 0 aliphatic rings. The predicted molar refractivity (Wildman–Crippen MR) is 542 cm³/mol. The Hall–Kier alpha value is -12.6. The van der Waals surface area contributed by atoms with Crippen molar-refractivity contribution in [2.75, 3.05) is 0 Å². The van der Waals surface area contributed by atoms with E-state index in [-0.39, 0.29) is 37.9 Å². The summed E-state index contributed by atoms with van der Waals surface area (Å²) in [5, 5.41) is 15.6. The summed E-state index contributed by atoms with van der Waals surface area (Å²) in [7, 11) is 0. The van der Waals surface area contributed by atoms with E-state index in [0.29, 0.717) is 0 Å². The van der Waals surface area contributed by atoms with E-state index < -0.39 is 0 Å². The highest BCUT2D eigenvalue weighted by atomic mass is 16.3. The number of furan rings is 2. The first-order valence-corrected chi connectivity index (χ1v) is 44.2. The van der Waals surface area contributed by atoms with Gasteiger partial charge in [0.15, 0.2) is 0 Å². The van der Waals surface area contributed by atoms with Crippen molar-refractivity contribution < 1.29 is 8.83 Å². The van der Waals surface area contributed by atoms with Gasteiger partial charge in [0.25, 0.3) is 0 Å². The molecule has 0 unspecified atom stereocenters. The molecule has 19 rings (SSSR count). The molecule has 19 aromatic rings. The fraction of sp³-hybridized carbons (Fsp3) is 0.230. The molecule has 2 aromatic heterocycles. The molecular formula is C122H126O2. The molecule has 17 aromatic carbocycles. The summed E-state index contributed by atoms with van der Waals surface area (Å²) in [6.07, 6.45) is 0. The van der Waals surface area contributed by atoms with Gasteiger partial charge in [-0.15, -0.1) is 0 Å². The molecule has 626 valence electrons. The van der Waals surface area contributed by atoms with Crippen molar-refractivity contribution in [3.8, 4) is 44.5 Å². The van der Waals surface area contributed by atoms with Crippen LogP contribution in [0.4, 0.5) is 0 Å². The van der Waals surface area contributed by atoms with Crippen molar-refractivity contribution in [2.45, 2.75) is 183 Å². The van der Waals surface area contributed by atoms with E-state index in [1.807, 2.05) is 36.4 Å². The highest BCUT2D eigenvalue weighted by Crippen LogP contribution is 2.42. The Balaban J connectivity index is 0.000000125. The minimum Gasteiger partial charge on any atom is -0.456 e. The second-order valence-electron chi connectivity index (χ2n) is 40.1. The molecule has 2 heteroatoms. The summed E-state index contributed by atoms with van der Waals surface area (Å²) in [5.41, 5.74) is 25.0. The zero-order valence-electron chi connectivity index (χ0n) is 77.2. The minimum absolute atomic E-state index is 0.105. The number of benzene rings is 17. The van der Waals surface area contributed by atoms with E-state index in [0.717, 1.165) is 22.3 Å². The molecule has 0 spiro atoms. The number of hydrogen-bond acceptors (Lipinski definition) is 2. The lowest BCUT2D eigenvalue weighted by atomic mass is 9.80. The molecule has 0 amide bonds. The van der Waals surface area contributed by atoms with Crippen LogP contribution in [0, 0.1) is 0 Å². The van der Waals surface area contributed by atoms with E-state index in [1.54, 1.807) is 0 Å². The lowest BCUT2D eigenvalue weighted by Crippen LogP contribution is -2.13. The SMILES string of the molecule is CC(C)(C)c1cc(-c2ccccc2)ccc1-c1ccccc1.CC(C)(C)c1ccc(-c2ccccc2)cc1.CC(C)(C)c1ccc2c3ccccc3c3ccccc3c2c1.CC(C)(C)c1ccc2ccccc2c1.CC(C)(C)c1cccc(-c2ccccc2)c1.CC(C)(C)c1cccc2c1oc1ccccc12.CC(C)(C)c1cccc2oc3ccccc3c12. The Bertz CT molecular complexity index is 6720. The molecule has 0 saturated carbocycles. The Kier molecular flexibility index (Phi) is 27.0. The largest absolute Gasteiger partial charge is 0.456 e. The summed E-state index contributed by atoms with van der Waals surface area (Å²) in [5.74, 6) is 0. The quantitative estimate of drug-likeness (QED) is 0.164. The Morgan fingerprint density at radius 1 is 0.161 bits per heavy atom. The third-order valence-corrected chi connectivity index (χ3v) is 23.4. The minimum atomic E-state index is 0.105. The average molecular weight is 1620 g/mol. The summed E-state index contributed by atoms with van der Waals surface area (Å²) < 4.78 is 11.9. The van der Waals surface area contributed by atoms with Crippen LogP contribution < -0.4 is 0 Å². The molecule has 2 nitrogen and oxygen atoms in total. The number of para-hydroxylation sites is 3. The molecule has 0 aliphatic heterocycles. The van der Waals surface area contributed by atoms with Crippen LogP contribution in [0.5, 0.6) is 0 Å². The molecule has 0 atom stereocenters. The topological polar surface area (TPSA) is 26.3 Å². The van der Waals surface area contributed by atoms with Crippen LogP contribution >= 0.6 is 0 Å². The molecule has 2 heterocycles. The lowest BCUT2D eigenvalue weighted by molar-refractivity contribution is 0.573. The highest BCUT2D eigenvalue weighted by Gasteiger charge is 2.25. The Labute approximate surface area is 739 Å². The maximum Gasteiger partial charge on any atom is 0.139 e. The molecule has 0 aliphatic carbocycles. The first-order valence-electron chi connectivity index (χ1n) is 44.2. The first kappa shape index (κ1) is 89.1. The number of rotatable bonds is 4. The van der Waals surface area contributed by atoms with Crippen molar-refractivity contribution in [2.24, 2.45) is 0 Å². The van der Waals surface area contributed by atoms with Gasteiger partial charge in [0.05, 0.1) is 0 Å². The van der Waals surface area contributed by atoms with Crippen LogP contribution in [0.1, 0.15) is 184 Å². The first-order chi connectivity index (χ1) is 59.0. The monoisotopic (exact) mass is 1620 g/mol. The zero-order chi connectivity index (χ0) is 88.4. The molecule has 0 saturated heterocycles. The van der Waals surface area contributed by atoms with Crippen LogP contribution in [-0.4, -0.2) is 0 Å². The van der Waals surface area contributed by atoms with Gasteiger partial charge in [-0.2, -0.15) is 0 Å². The fourth-order valence-electron chi connectivity index (χ4n) is 16.2.